The largest absolute Gasteiger partial charge is 0.358 e. The first-order chi connectivity index (χ1) is 7.02. The van der Waals surface area contributed by atoms with E-state index in [2.05, 4.69) is 10.3 Å². The molecule has 6 nitrogen and oxygen atoms in total. The van der Waals surface area contributed by atoms with Crippen LogP contribution in [0.1, 0.15) is 19.7 Å². The van der Waals surface area contributed by atoms with Crippen molar-refractivity contribution < 1.29 is 4.92 Å². The van der Waals surface area contributed by atoms with Gasteiger partial charge in [0.1, 0.15) is 12.7 Å². The van der Waals surface area contributed by atoms with Gasteiger partial charge in [0.2, 0.25) is 0 Å². The van der Waals surface area contributed by atoms with Gasteiger partial charge in [0.05, 0.1) is 0 Å². The molecule has 1 rings (SSSR count). The molecule has 84 valence electrons. The highest BCUT2D eigenvalue weighted by Gasteiger charge is 2.16. The van der Waals surface area contributed by atoms with E-state index in [1.54, 1.807) is 11.5 Å². The van der Waals surface area contributed by atoms with E-state index < -0.39 is 4.92 Å². The summed E-state index contributed by atoms with van der Waals surface area (Å²) in [6, 6.07) is 0.382. The molecule has 0 aromatic carbocycles. The van der Waals surface area contributed by atoms with Crippen LogP contribution < -0.4 is 5.32 Å². The summed E-state index contributed by atoms with van der Waals surface area (Å²) in [5.41, 5.74) is 0. The minimum atomic E-state index is -0.407. The van der Waals surface area contributed by atoms with E-state index >= 15 is 0 Å². The zero-order valence-electron chi connectivity index (χ0n) is 9.23. The lowest BCUT2D eigenvalue weighted by Crippen LogP contribution is -2.27. The quantitative estimate of drug-likeness (QED) is 0.586. The van der Waals surface area contributed by atoms with Crippen LogP contribution in [0.25, 0.3) is 0 Å². The third-order valence-corrected chi connectivity index (χ3v) is 2.11. The number of hydrogen-bond acceptors (Lipinski definition) is 4. The molecule has 0 aliphatic rings. The van der Waals surface area contributed by atoms with Gasteiger partial charge in [0, 0.05) is 19.5 Å². The maximum Gasteiger partial charge on any atom is 0.342 e. The molecule has 6 heteroatoms. The molecule has 0 amide bonds. The molecule has 0 atom stereocenters. The van der Waals surface area contributed by atoms with Crippen LogP contribution in [0.5, 0.6) is 0 Å². The standard InChI is InChI=1S/C9H16N4O2/c1-7(2)10-4-5-12-8(3)11-6-9(12)13(14)15/h6-7,10H,4-5H2,1-3H3. The molecule has 0 saturated heterocycles. The van der Waals surface area contributed by atoms with Crippen molar-refractivity contribution in [2.45, 2.75) is 33.4 Å². The van der Waals surface area contributed by atoms with E-state index in [4.69, 9.17) is 0 Å². The van der Waals surface area contributed by atoms with Crippen molar-refractivity contribution in [3.05, 3.63) is 22.1 Å². The van der Waals surface area contributed by atoms with Crippen molar-refractivity contribution in [2.24, 2.45) is 0 Å². The summed E-state index contributed by atoms with van der Waals surface area (Å²) >= 11 is 0. The predicted octanol–water partition coefficient (Wildman–Crippen LogP) is 1.10. The molecule has 0 aliphatic heterocycles. The Morgan fingerprint density at radius 1 is 1.67 bits per heavy atom. The van der Waals surface area contributed by atoms with E-state index in [1.807, 2.05) is 13.8 Å². The van der Waals surface area contributed by atoms with Gasteiger partial charge in [-0.25, -0.2) is 9.55 Å². The van der Waals surface area contributed by atoms with Crippen LogP contribution in [0.15, 0.2) is 6.20 Å². The molecule has 15 heavy (non-hydrogen) atoms. The molecule has 1 heterocycles. The minimum Gasteiger partial charge on any atom is -0.358 e. The van der Waals surface area contributed by atoms with Crippen molar-refractivity contribution >= 4 is 5.82 Å². The van der Waals surface area contributed by atoms with Crippen LogP contribution in [0.3, 0.4) is 0 Å². The Bertz CT molecular complexity index is 346. The third kappa shape index (κ3) is 3.02. The molecule has 1 aromatic rings. The number of rotatable bonds is 5. The highest BCUT2D eigenvalue weighted by molar-refractivity contribution is 5.18. The molecule has 1 aromatic heterocycles. The first-order valence-electron chi connectivity index (χ1n) is 4.92. The SMILES string of the molecule is Cc1ncc([N+](=O)[O-])n1CCNC(C)C. The fourth-order valence-corrected chi connectivity index (χ4v) is 1.34. The van der Waals surface area contributed by atoms with Gasteiger partial charge in [-0.1, -0.05) is 13.8 Å². The number of hydrogen-bond donors (Lipinski definition) is 1. The second-order valence-corrected chi connectivity index (χ2v) is 3.68. The second-order valence-electron chi connectivity index (χ2n) is 3.68. The summed E-state index contributed by atoms with van der Waals surface area (Å²) < 4.78 is 1.61. The van der Waals surface area contributed by atoms with E-state index in [0.29, 0.717) is 25.0 Å². The molecular formula is C9H16N4O2. The van der Waals surface area contributed by atoms with Crippen LogP contribution in [-0.2, 0) is 6.54 Å². The van der Waals surface area contributed by atoms with Crippen molar-refractivity contribution in [1.82, 2.24) is 14.9 Å². The van der Waals surface area contributed by atoms with Crippen molar-refractivity contribution in [3.63, 3.8) is 0 Å². The number of imidazole rings is 1. The highest BCUT2D eigenvalue weighted by Crippen LogP contribution is 2.12. The molecule has 1 N–H and O–H groups in total. The zero-order valence-corrected chi connectivity index (χ0v) is 9.23. The molecule has 0 aliphatic carbocycles. The summed E-state index contributed by atoms with van der Waals surface area (Å²) in [6.45, 7) is 7.11. The lowest BCUT2D eigenvalue weighted by molar-refractivity contribution is -0.392. The number of nitrogens with zero attached hydrogens (tertiary/aromatic N) is 3. The summed E-state index contributed by atoms with van der Waals surface area (Å²) in [7, 11) is 0. The lowest BCUT2D eigenvalue weighted by Gasteiger charge is -2.07. The van der Waals surface area contributed by atoms with Gasteiger partial charge >= 0.3 is 5.82 Å². The first-order valence-corrected chi connectivity index (χ1v) is 4.92. The van der Waals surface area contributed by atoms with Crippen LogP contribution in [0, 0.1) is 17.0 Å². The minimum absolute atomic E-state index is 0.0538. The van der Waals surface area contributed by atoms with Crippen LogP contribution in [0.4, 0.5) is 5.82 Å². The fourth-order valence-electron chi connectivity index (χ4n) is 1.34. The summed E-state index contributed by atoms with van der Waals surface area (Å²) in [6.07, 6.45) is 1.30. The maximum atomic E-state index is 10.7. The molecular weight excluding hydrogens is 196 g/mol. The molecule has 0 spiro atoms. The lowest BCUT2D eigenvalue weighted by atomic mass is 10.4. The summed E-state index contributed by atoms with van der Waals surface area (Å²) in [4.78, 5) is 14.2. The van der Waals surface area contributed by atoms with E-state index in [-0.39, 0.29) is 5.82 Å². The van der Waals surface area contributed by atoms with Gasteiger partial charge in [0.15, 0.2) is 5.82 Å². The average molecular weight is 212 g/mol. The van der Waals surface area contributed by atoms with Gasteiger partial charge in [0.25, 0.3) is 0 Å². The average Bonchev–Trinajstić information content (AvgIpc) is 2.47. The normalized spacial score (nSPS) is 10.9. The molecule has 0 unspecified atom stereocenters. The Morgan fingerprint density at radius 2 is 2.33 bits per heavy atom. The highest BCUT2D eigenvalue weighted by atomic mass is 16.6. The number of nitro groups is 1. The Kier molecular flexibility index (Phi) is 3.79. The Hall–Kier alpha value is -1.43. The molecule has 0 radical (unpaired) electrons. The molecule has 0 bridgehead atoms. The Balaban J connectivity index is 2.66. The van der Waals surface area contributed by atoms with Gasteiger partial charge in [-0.2, -0.15) is 0 Å². The predicted molar refractivity (Wildman–Crippen MR) is 56.8 cm³/mol. The fraction of sp³-hybridized carbons (Fsp3) is 0.667. The van der Waals surface area contributed by atoms with Gasteiger partial charge in [-0.3, -0.25) is 0 Å². The maximum absolute atomic E-state index is 10.7. The van der Waals surface area contributed by atoms with E-state index in [9.17, 15) is 10.1 Å². The number of aromatic nitrogens is 2. The van der Waals surface area contributed by atoms with Crippen molar-refractivity contribution in [2.75, 3.05) is 6.54 Å². The Labute approximate surface area is 88.5 Å². The van der Waals surface area contributed by atoms with Crippen LogP contribution >= 0.6 is 0 Å². The summed E-state index contributed by atoms with van der Waals surface area (Å²) in [5.74, 6) is 0.727. The summed E-state index contributed by atoms with van der Waals surface area (Å²) in [5, 5.41) is 13.9. The number of aryl methyl sites for hydroxylation is 1. The van der Waals surface area contributed by atoms with Crippen molar-refractivity contribution in [1.29, 1.82) is 0 Å². The van der Waals surface area contributed by atoms with Gasteiger partial charge in [-0.15, -0.1) is 0 Å². The number of nitrogens with one attached hydrogen (secondary N) is 1. The van der Waals surface area contributed by atoms with E-state index in [0.717, 1.165) is 0 Å². The monoisotopic (exact) mass is 212 g/mol. The third-order valence-electron chi connectivity index (χ3n) is 2.11. The Morgan fingerprint density at radius 3 is 2.87 bits per heavy atom. The van der Waals surface area contributed by atoms with Crippen LogP contribution in [-0.4, -0.2) is 27.1 Å². The zero-order chi connectivity index (χ0) is 11.4. The van der Waals surface area contributed by atoms with Crippen molar-refractivity contribution in [3.8, 4) is 0 Å². The molecule has 0 saturated carbocycles. The van der Waals surface area contributed by atoms with Crippen LogP contribution in [0.2, 0.25) is 0 Å². The topological polar surface area (TPSA) is 73.0 Å². The van der Waals surface area contributed by atoms with Gasteiger partial charge < -0.3 is 15.4 Å². The second kappa shape index (κ2) is 4.88. The molecule has 0 fully saturated rings. The smallest absolute Gasteiger partial charge is 0.342 e. The van der Waals surface area contributed by atoms with Gasteiger partial charge in [-0.05, 0) is 4.92 Å². The first kappa shape index (κ1) is 11.6. The van der Waals surface area contributed by atoms with E-state index in [1.165, 1.54) is 6.20 Å².